The van der Waals surface area contributed by atoms with Crippen LogP contribution in [-0.4, -0.2) is 34.2 Å². The number of thiophene rings is 1. The molecule has 0 aliphatic heterocycles. The first-order valence-corrected chi connectivity index (χ1v) is 7.90. The second-order valence-corrected chi connectivity index (χ2v) is 6.50. The highest BCUT2D eigenvalue weighted by molar-refractivity contribution is 7.10. The van der Waals surface area contributed by atoms with E-state index in [0.717, 1.165) is 12.4 Å². The van der Waals surface area contributed by atoms with Crippen LogP contribution in [0.4, 0.5) is 5.82 Å². The molecule has 0 atom stereocenters. The molecular weight excluding hydrogens is 284 g/mol. The van der Waals surface area contributed by atoms with Gasteiger partial charge in [-0.2, -0.15) is 5.10 Å². The van der Waals surface area contributed by atoms with Crippen LogP contribution < -0.4 is 5.32 Å². The van der Waals surface area contributed by atoms with Crippen molar-refractivity contribution in [2.45, 2.75) is 33.4 Å². The molecule has 21 heavy (non-hydrogen) atoms. The van der Waals surface area contributed by atoms with Crippen molar-refractivity contribution in [2.75, 3.05) is 18.9 Å². The molecule has 0 fully saturated rings. The Kier molecular flexibility index (Phi) is 5.14. The van der Waals surface area contributed by atoms with E-state index in [1.165, 1.54) is 10.4 Å². The van der Waals surface area contributed by atoms with Crippen LogP contribution in [0.5, 0.6) is 0 Å². The number of aryl methyl sites for hydroxylation is 1. The second kappa shape index (κ2) is 6.87. The van der Waals surface area contributed by atoms with Crippen LogP contribution >= 0.6 is 11.3 Å². The number of nitrogens with one attached hydrogen (secondary N) is 1. The predicted octanol–water partition coefficient (Wildman–Crippen LogP) is 2.90. The van der Waals surface area contributed by atoms with E-state index >= 15 is 0 Å². The molecule has 1 amide bonds. The summed E-state index contributed by atoms with van der Waals surface area (Å²) in [5.41, 5.74) is 1.28. The molecule has 2 aromatic heterocycles. The van der Waals surface area contributed by atoms with Gasteiger partial charge >= 0.3 is 0 Å². The van der Waals surface area contributed by atoms with E-state index in [-0.39, 0.29) is 11.9 Å². The average molecular weight is 306 g/mol. The summed E-state index contributed by atoms with van der Waals surface area (Å²) >= 11 is 1.73. The summed E-state index contributed by atoms with van der Waals surface area (Å²) in [6, 6.07) is 4.15. The minimum atomic E-state index is -0.0193. The molecule has 5 nitrogen and oxygen atoms in total. The molecule has 6 heteroatoms. The molecule has 114 valence electrons. The Morgan fingerprint density at radius 1 is 1.48 bits per heavy atom. The van der Waals surface area contributed by atoms with Gasteiger partial charge in [-0.1, -0.05) is 0 Å². The standard InChI is InChI=1S/C15H22N4OS/c1-11(2)19-14(5-7-16-19)17-15(20)10-18(4)9-13-12(3)6-8-21-13/h5-8,11H,9-10H2,1-4H3,(H,17,20). The molecule has 0 radical (unpaired) electrons. The lowest BCUT2D eigenvalue weighted by Crippen LogP contribution is -2.30. The summed E-state index contributed by atoms with van der Waals surface area (Å²) in [6.45, 7) is 7.32. The number of carbonyl (C=O) groups is 1. The lowest BCUT2D eigenvalue weighted by molar-refractivity contribution is -0.117. The molecule has 1 N–H and O–H groups in total. The van der Waals surface area contributed by atoms with Crippen LogP contribution in [0.1, 0.15) is 30.3 Å². The highest BCUT2D eigenvalue weighted by atomic mass is 32.1. The zero-order chi connectivity index (χ0) is 15.4. The summed E-state index contributed by atoms with van der Waals surface area (Å²) in [5, 5.41) is 9.21. The molecule has 0 bridgehead atoms. The Balaban J connectivity index is 1.89. The largest absolute Gasteiger partial charge is 0.310 e. The first kappa shape index (κ1) is 15.7. The molecule has 0 aliphatic carbocycles. The first-order chi connectivity index (χ1) is 9.97. The van der Waals surface area contributed by atoms with Crippen molar-refractivity contribution in [3.8, 4) is 0 Å². The molecule has 0 saturated heterocycles. The van der Waals surface area contributed by atoms with Gasteiger partial charge < -0.3 is 5.32 Å². The lowest BCUT2D eigenvalue weighted by Gasteiger charge is -2.17. The number of rotatable bonds is 6. The van der Waals surface area contributed by atoms with Crippen molar-refractivity contribution >= 4 is 23.1 Å². The van der Waals surface area contributed by atoms with Gasteiger partial charge in [0.1, 0.15) is 5.82 Å². The molecule has 0 aromatic carbocycles. The SMILES string of the molecule is Cc1ccsc1CN(C)CC(=O)Nc1ccnn1C(C)C. The monoisotopic (exact) mass is 306 g/mol. The third-order valence-corrected chi connectivity index (χ3v) is 4.23. The number of aromatic nitrogens is 2. The summed E-state index contributed by atoms with van der Waals surface area (Å²) in [4.78, 5) is 15.4. The second-order valence-electron chi connectivity index (χ2n) is 5.50. The van der Waals surface area contributed by atoms with Crippen LogP contribution in [0.3, 0.4) is 0 Å². The van der Waals surface area contributed by atoms with Crippen molar-refractivity contribution < 1.29 is 4.79 Å². The van der Waals surface area contributed by atoms with E-state index in [4.69, 9.17) is 0 Å². The summed E-state index contributed by atoms with van der Waals surface area (Å²) in [5.74, 6) is 0.727. The van der Waals surface area contributed by atoms with Crippen LogP contribution in [0.2, 0.25) is 0 Å². The van der Waals surface area contributed by atoms with Gasteiger partial charge in [0.2, 0.25) is 5.91 Å². The van der Waals surface area contributed by atoms with Crippen LogP contribution in [0.25, 0.3) is 0 Å². The van der Waals surface area contributed by atoms with Crippen molar-refractivity contribution in [2.24, 2.45) is 0 Å². The first-order valence-electron chi connectivity index (χ1n) is 7.02. The summed E-state index contributed by atoms with van der Waals surface area (Å²) < 4.78 is 1.81. The molecular formula is C15H22N4OS. The highest BCUT2D eigenvalue weighted by Gasteiger charge is 2.12. The zero-order valence-electron chi connectivity index (χ0n) is 13.0. The van der Waals surface area contributed by atoms with E-state index in [1.807, 2.05) is 31.9 Å². The van der Waals surface area contributed by atoms with E-state index < -0.39 is 0 Å². The van der Waals surface area contributed by atoms with Gasteiger partial charge in [-0.25, -0.2) is 4.68 Å². The minimum absolute atomic E-state index is 0.0193. The van der Waals surface area contributed by atoms with Gasteiger partial charge in [0, 0.05) is 23.5 Å². The zero-order valence-corrected chi connectivity index (χ0v) is 13.8. The fraction of sp³-hybridized carbons (Fsp3) is 0.467. The van der Waals surface area contributed by atoms with Crippen molar-refractivity contribution in [3.05, 3.63) is 34.2 Å². The van der Waals surface area contributed by atoms with Crippen molar-refractivity contribution in [1.29, 1.82) is 0 Å². The molecule has 2 aromatic rings. The molecule has 0 saturated carbocycles. The quantitative estimate of drug-likeness (QED) is 0.893. The third-order valence-electron chi connectivity index (χ3n) is 3.22. The molecule has 2 heterocycles. The number of hydrogen-bond donors (Lipinski definition) is 1. The molecule has 2 rings (SSSR count). The Morgan fingerprint density at radius 2 is 2.24 bits per heavy atom. The Bertz CT molecular complexity index is 602. The average Bonchev–Trinajstić information content (AvgIpc) is 2.99. The molecule has 0 aliphatic rings. The summed E-state index contributed by atoms with van der Waals surface area (Å²) in [7, 11) is 1.96. The van der Waals surface area contributed by atoms with Gasteiger partial charge in [0.25, 0.3) is 0 Å². The molecule has 0 unspecified atom stereocenters. The maximum Gasteiger partial charge on any atom is 0.239 e. The fourth-order valence-corrected chi connectivity index (χ4v) is 3.10. The van der Waals surface area contributed by atoms with Gasteiger partial charge in [-0.3, -0.25) is 9.69 Å². The topological polar surface area (TPSA) is 50.2 Å². The number of carbonyl (C=O) groups excluding carboxylic acids is 1. The number of likely N-dealkylation sites (N-methyl/N-ethyl adjacent to an activating group) is 1. The number of nitrogens with zero attached hydrogens (tertiary/aromatic N) is 3. The van der Waals surface area contributed by atoms with Crippen LogP contribution in [0.15, 0.2) is 23.7 Å². The van der Waals surface area contributed by atoms with Crippen LogP contribution in [-0.2, 0) is 11.3 Å². The Morgan fingerprint density at radius 3 is 2.86 bits per heavy atom. The molecule has 0 spiro atoms. The number of amides is 1. The van der Waals surface area contributed by atoms with E-state index in [1.54, 1.807) is 22.2 Å². The Hall–Kier alpha value is -1.66. The fourth-order valence-electron chi connectivity index (χ4n) is 2.12. The minimum Gasteiger partial charge on any atom is -0.310 e. The summed E-state index contributed by atoms with van der Waals surface area (Å²) in [6.07, 6.45) is 1.70. The van der Waals surface area contributed by atoms with Crippen LogP contribution in [0, 0.1) is 6.92 Å². The van der Waals surface area contributed by atoms with E-state index in [0.29, 0.717) is 6.54 Å². The van der Waals surface area contributed by atoms with Gasteiger partial charge in [0.05, 0.1) is 12.7 Å². The maximum atomic E-state index is 12.1. The van der Waals surface area contributed by atoms with E-state index in [9.17, 15) is 4.79 Å². The maximum absolute atomic E-state index is 12.1. The van der Waals surface area contributed by atoms with Crippen molar-refractivity contribution in [1.82, 2.24) is 14.7 Å². The van der Waals surface area contributed by atoms with Gasteiger partial charge in [0.15, 0.2) is 0 Å². The normalized spacial score (nSPS) is 11.3. The number of hydrogen-bond acceptors (Lipinski definition) is 4. The lowest BCUT2D eigenvalue weighted by atomic mass is 10.3. The third kappa shape index (κ3) is 4.15. The van der Waals surface area contributed by atoms with Crippen molar-refractivity contribution in [3.63, 3.8) is 0 Å². The smallest absolute Gasteiger partial charge is 0.239 e. The Labute approximate surface area is 129 Å². The predicted molar refractivity (Wildman–Crippen MR) is 86.6 cm³/mol. The van der Waals surface area contributed by atoms with E-state index in [2.05, 4.69) is 28.8 Å². The number of anilines is 1. The van der Waals surface area contributed by atoms with Gasteiger partial charge in [-0.05, 0) is 44.8 Å². The van der Waals surface area contributed by atoms with Gasteiger partial charge in [-0.15, -0.1) is 11.3 Å². The highest BCUT2D eigenvalue weighted by Crippen LogP contribution is 2.17.